The van der Waals surface area contributed by atoms with Gasteiger partial charge >= 0.3 is 0 Å². The van der Waals surface area contributed by atoms with E-state index in [1.165, 1.54) is 5.56 Å². The Hall–Kier alpha value is -3.21. The molecule has 33 heavy (non-hydrogen) atoms. The van der Waals surface area contributed by atoms with Crippen molar-refractivity contribution in [3.05, 3.63) is 138 Å². The lowest BCUT2D eigenvalue weighted by atomic mass is 10.0. The first-order chi connectivity index (χ1) is 15.9. The van der Waals surface area contributed by atoms with E-state index in [1.54, 1.807) is 24.3 Å². The largest absolute Gasteiger partial charge is 0.287 e. The number of benzene rings is 3. The fourth-order valence-corrected chi connectivity index (χ4v) is 4.82. The van der Waals surface area contributed by atoms with Gasteiger partial charge in [0.2, 0.25) is 9.84 Å². The Labute approximate surface area is 198 Å². The van der Waals surface area contributed by atoms with Crippen molar-refractivity contribution in [3.63, 3.8) is 0 Å². The number of rotatable bonds is 11. The number of hydrogen-bond donors (Lipinski definition) is 0. The van der Waals surface area contributed by atoms with Gasteiger partial charge in [0.15, 0.2) is 0 Å². The number of nitrogens with zero attached hydrogens (tertiary/aromatic N) is 1. The van der Waals surface area contributed by atoms with Gasteiger partial charge in [-0.25, -0.2) is 8.42 Å². The van der Waals surface area contributed by atoms with E-state index in [2.05, 4.69) is 48.4 Å². The maximum atomic E-state index is 13.2. The topological polar surface area (TPSA) is 37.4 Å². The highest BCUT2D eigenvalue weighted by molar-refractivity contribution is 7.95. The van der Waals surface area contributed by atoms with E-state index in [0.717, 1.165) is 17.6 Å². The zero-order valence-corrected chi connectivity index (χ0v) is 19.9. The molecule has 170 valence electrons. The molecule has 3 rings (SSSR count). The Bertz CT molecular complexity index is 1180. The van der Waals surface area contributed by atoms with Crippen molar-refractivity contribution < 1.29 is 8.42 Å². The van der Waals surface area contributed by atoms with Gasteiger partial charge in [0, 0.05) is 19.1 Å². The van der Waals surface area contributed by atoms with Gasteiger partial charge in [-0.3, -0.25) is 4.90 Å². The number of sulfone groups is 1. The second-order valence-corrected chi connectivity index (χ2v) is 10.3. The van der Waals surface area contributed by atoms with Gasteiger partial charge in [0.1, 0.15) is 0 Å². The van der Waals surface area contributed by atoms with E-state index >= 15 is 0 Å². The SMILES string of the molecule is C=C(C)/C=C/[C@@H](Cc1ccccc1)N(CC(=C)S(=O)(=O)c1ccccc1)Cc1ccccc1. The molecule has 0 fully saturated rings. The minimum Gasteiger partial charge on any atom is -0.287 e. The molecule has 0 amide bonds. The first-order valence-electron chi connectivity index (χ1n) is 11.0. The Morgan fingerprint density at radius 2 is 1.36 bits per heavy atom. The van der Waals surface area contributed by atoms with Crippen LogP contribution in [0, 0.1) is 0 Å². The molecule has 0 saturated carbocycles. The molecule has 3 aromatic rings. The van der Waals surface area contributed by atoms with Gasteiger partial charge in [-0.05, 0) is 36.6 Å². The van der Waals surface area contributed by atoms with E-state index < -0.39 is 9.84 Å². The minimum atomic E-state index is -3.64. The minimum absolute atomic E-state index is 0.0352. The molecule has 0 heterocycles. The van der Waals surface area contributed by atoms with Crippen LogP contribution in [0.5, 0.6) is 0 Å². The highest BCUT2D eigenvalue weighted by atomic mass is 32.2. The summed E-state index contributed by atoms with van der Waals surface area (Å²) >= 11 is 0. The average Bonchev–Trinajstić information content (AvgIpc) is 2.83. The van der Waals surface area contributed by atoms with Crippen molar-refractivity contribution >= 4 is 9.84 Å². The van der Waals surface area contributed by atoms with E-state index in [1.807, 2.05) is 55.5 Å². The molecule has 0 aliphatic rings. The third-order valence-corrected chi connectivity index (χ3v) is 7.18. The lowest BCUT2D eigenvalue weighted by Crippen LogP contribution is -2.37. The fourth-order valence-electron chi connectivity index (χ4n) is 3.64. The fraction of sp³-hybridized carbons (Fsp3) is 0.172. The van der Waals surface area contributed by atoms with Gasteiger partial charge in [-0.2, -0.15) is 0 Å². The van der Waals surface area contributed by atoms with Crippen LogP contribution in [0.4, 0.5) is 0 Å². The van der Waals surface area contributed by atoms with Crippen molar-refractivity contribution in [1.82, 2.24) is 4.90 Å². The van der Waals surface area contributed by atoms with Gasteiger partial charge in [-0.1, -0.05) is 110 Å². The third kappa shape index (κ3) is 7.14. The van der Waals surface area contributed by atoms with Crippen LogP contribution in [0.15, 0.2) is 132 Å². The molecular weight excluding hydrogens is 426 g/mol. The first-order valence-corrected chi connectivity index (χ1v) is 12.5. The van der Waals surface area contributed by atoms with Crippen LogP contribution in [-0.4, -0.2) is 25.9 Å². The van der Waals surface area contributed by atoms with Crippen molar-refractivity contribution in [3.8, 4) is 0 Å². The molecule has 3 nitrogen and oxygen atoms in total. The summed E-state index contributed by atoms with van der Waals surface area (Å²) < 4.78 is 26.4. The maximum Gasteiger partial charge on any atom is 0.203 e. The summed E-state index contributed by atoms with van der Waals surface area (Å²) in [4.78, 5) is 2.63. The third-order valence-electron chi connectivity index (χ3n) is 5.40. The predicted octanol–water partition coefficient (Wildman–Crippen LogP) is 6.22. The lowest BCUT2D eigenvalue weighted by Gasteiger charge is -2.31. The van der Waals surface area contributed by atoms with Crippen LogP contribution in [-0.2, 0) is 22.8 Å². The van der Waals surface area contributed by atoms with Crippen LogP contribution in [0.25, 0.3) is 0 Å². The number of hydrogen-bond acceptors (Lipinski definition) is 3. The van der Waals surface area contributed by atoms with E-state index in [0.29, 0.717) is 6.54 Å². The smallest absolute Gasteiger partial charge is 0.203 e. The molecular formula is C29H31NO2S. The summed E-state index contributed by atoms with van der Waals surface area (Å²) in [5.41, 5.74) is 3.25. The average molecular weight is 458 g/mol. The maximum absolute atomic E-state index is 13.2. The van der Waals surface area contributed by atoms with Crippen molar-refractivity contribution in [2.24, 2.45) is 0 Å². The lowest BCUT2D eigenvalue weighted by molar-refractivity contribution is 0.241. The normalized spacial score (nSPS) is 12.7. The Kier molecular flexibility index (Phi) is 8.58. The Balaban J connectivity index is 1.95. The molecule has 0 bridgehead atoms. The molecule has 0 unspecified atom stereocenters. The first kappa shape index (κ1) is 24.4. The summed E-state index contributed by atoms with van der Waals surface area (Å²) in [6.07, 6.45) is 4.86. The zero-order valence-electron chi connectivity index (χ0n) is 19.1. The van der Waals surface area contributed by atoms with Gasteiger partial charge < -0.3 is 0 Å². The van der Waals surface area contributed by atoms with Crippen molar-refractivity contribution in [2.45, 2.75) is 30.8 Å². The van der Waals surface area contributed by atoms with Crippen LogP contribution < -0.4 is 0 Å². The summed E-state index contributed by atoms with van der Waals surface area (Å²) in [6.45, 7) is 10.8. The predicted molar refractivity (Wildman–Crippen MR) is 138 cm³/mol. The molecule has 3 aromatic carbocycles. The van der Waals surface area contributed by atoms with E-state index in [4.69, 9.17) is 0 Å². The van der Waals surface area contributed by atoms with Crippen LogP contribution in [0.3, 0.4) is 0 Å². The van der Waals surface area contributed by atoms with E-state index in [9.17, 15) is 8.42 Å². The molecule has 0 spiro atoms. The van der Waals surface area contributed by atoms with E-state index in [-0.39, 0.29) is 22.4 Å². The Morgan fingerprint density at radius 1 is 0.848 bits per heavy atom. The molecule has 1 atom stereocenters. The quantitative estimate of drug-likeness (QED) is 0.321. The summed E-state index contributed by atoms with van der Waals surface area (Å²) in [5.74, 6) is 0. The van der Waals surface area contributed by atoms with Crippen LogP contribution in [0.2, 0.25) is 0 Å². The molecule has 0 aromatic heterocycles. The highest BCUT2D eigenvalue weighted by Crippen LogP contribution is 2.22. The van der Waals surface area contributed by atoms with Crippen molar-refractivity contribution in [1.29, 1.82) is 0 Å². The van der Waals surface area contributed by atoms with Gasteiger partial charge in [0.05, 0.1) is 9.80 Å². The summed E-state index contributed by atoms with van der Waals surface area (Å²) in [5, 5.41) is 0. The molecule has 0 N–H and O–H groups in total. The van der Waals surface area contributed by atoms with Gasteiger partial charge in [-0.15, -0.1) is 0 Å². The molecule has 4 heteroatoms. The summed E-state index contributed by atoms with van der Waals surface area (Å²) in [6, 6.07) is 28.8. The number of allylic oxidation sites excluding steroid dienone is 2. The molecule has 0 saturated heterocycles. The zero-order chi connectivity index (χ0) is 23.7. The van der Waals surface area contributed by atoms with Crippen molar-refractivity contribution in [2.75, 3.05) is 6.54 Å². The van der Waals surface area contributed by atoms with Crippen LogP contribution in [0.1, 0.15) is 18.1 Å². The Morgan fingerprint density at radius 3 is 1.91 bits per heavy atom. The standard InChI is InChI=1S/C29H31NO2S/c1-24(2)19-20-28(21-26-13-7-4-8-14-26)30(23-27-15-9-5-10-16-27)22-25(3)33(31,32)29-17-11-6-12-18-29/h4-20,28H,1,3,21-23H2,2H3/b20-19+/t28-/m0/s1. The molecule has 0 aliphatic heterocycles. The van der Waals surface area contributed by atoms with Gasteiger partial charge in [0.25, 0.3) is 0 Å². The molecule has 0 radical (unpaired) electrons. The second kappa shape index (κ2) is 11.6. The summed E-state index contributed by atoms with van der Waals surface area (Å²) in [7, 11) is -3.64. The van der Waals surface area contributed by atoms with Crippen LogP contribution >= 0.6 is 0 Å². The second-order valence-electron chi connectivity index (χ2n) is 8.21. The monoisotopic (exact) mass is 457 g/mol. The highest BCUT2D eigenvalue weighted by Gasteiger charge is 2.24. The molecule has 0 aliphatic carbocycles.